The zero-order chi connectivity index (χ0) is 10.6. The van der Waals surface area contributed by atoms with Gasteiger partial charge in [-0.25, -0.2) is 0 Å². The van der Waals surface area contributed by atoms with Gasteiger partial charge in [-0.05, 0) is 12.1 Å². The van der Waals surface area contributed by atoms with E-state index in [9.17, 15) is 18.0 Å². The van der Waals surface area contributed by atoms with Crippen molar-refractivity contribution in [3.63, 3.8) is 0 Å². The second-order valence-electron chi connectivity index (χ2n) is 2.62. The van der Waals surface area contributed by atoms with Gasteiger partial charge in [0, 0.05) is 0 Å². The maximum Gasteiger partial charge on any atom is 0.401 e. The summed E-state index contributed by atoms with van der Waals surface area (Å²) in [5.41, 5.74) is 0. The summed E-state index contributed by atoms with van der Waals surface area (Å²) in [6.45, 7) is -1.56. The number of carbonyl (C=O) groups excluding carboxylic acids is 1. The molecule has 0 aromatic carbocycles. The van der Waals surface area contributed by atoms with E-state index in [1.807, 2.05) is 5.32 Å². The summed E-state index contributed by atoms with van der Waals surface area (Å²) in [5, 5.41) is 1.98. The fraction of sp³-hybridized carbons (Fsp3) is 0.375. The van der Waals surface area contributed by atoms with Crippen molar-refractivity contribution in [2.75, 3.05) is 13.1 Å². The Balaban J connectivity index is 2.30. The van der Waals surface area contributed by atoms with Crippen LogP contribution in [-0.4, -0.2) is 25.0 Å². The first-order chi connectivity index (χ1) is 6.49. The Labute approximate surface area is 77.9 Å². The molecular formula is C8H8F3NO2. The van der Waals surface area contributed by atoms with Crippen LogP contribution in [0.2, 0.25) is 0 Å². The Morgan fingerprint density at radius 2 is 2.21 bits per heavy atom. The van der Waals surface area contributed by atoms with Crippen LogP contribution in [-0.2, 0) is 0 Å². The van der Waals surface area contributed by atoms with Crippen molar-refractivity contribution in [1.82, 2.24) is 5.32 Å². The minimum absolute atomic E-state index is 0.0553. The molecule has 0 fully saturated rings. The SMILES string of the molecule is O=C(CNCC(F)(F)F)c1ccco1. The topological polar surface area (TPSA) is 42.2 Å². The highest BCUT2D eigenvalue weighted by atomic mass is 19.4. The molecule has 1 N–H and O–H groups in total. The van der Waals surface area contributed by atoms with E-state index in [-0.39, 0.29) is 12.3 Å². The molecular weight excluding hydrogens is 199 g/mol. The lowest BCUT2D eigenvalue weighted by Gasteiger charge is -2.06. The number of rotatable bonds is 4. The Hall–Kier alpha value is -1.30. The first-order valence-corrected chi connectivity index (χ1v) is 3.83. The average Bonchev–Trinajstić information content (AvgIpc) is 2.53. The Morgan fingerprint density at radius 3 is 2.71 bits per heavy atom. The Morgan fingerprint density at radius 1 is 1.50 bits per heavy atom. The summed E-state index contributed by atoms with van der Waals surface area (Å²) in [7, 11) is 0. The van der Waals surface area contributed by atoms with Gasteiger partial charge in [0.05, 0.1) is 19.4 Å². The van der Waals surface area contributed by atoms with Gasteiger partial charge in [-0.3, -0.25) is 4.79 Å². The van der Waals surface area contributed by atoms with E-state index in [2.05, 4.69) is 0 Å². The van der Waals surface area contributed by atoms with E-state index in [0.717, 1.165) is 0 Å². The van der Waals surface area contributed by atoms with Crippen molar-refractivity contribution in [3.05, 3.63) is 24.2 Å². The van der Waals surface area contributed by atoms with Gasteiger partial charge in [0.15, 0.2) is 5.76 Å². The molecule has 0 aliphatic heterocycles. The van der Waals surface area contributed by atoms with Crippen molar-refractivity contribution in [2.24, 2.45) is 0 Å². The number of hydrogen-bond donors (Lipinski definition) is 1. The summed E-state index contributed by atoms with van der Waals surface area (Å²) in [6.07, 6.45) is -3.01. The molecule has 1 rings (SSSR count). The normalized spacial score (nSPS) is 11.6. The van der Waals surface area contributed by atoms with Crippen molar-refractivity contribution >= 4 is 5.78 Å². The van der Waals surface area contributed by atoms with Crippen molar-refractivity contribution in [3.8, 4) is 0 Å². The molecule has 0 atom stereocenters. The number of Topliss-reactive ketones (excluding diaryl/α,β-unsaturated/α-hetero) is 1. The minimum atomic E-state index is -4.30. The van der Waals surface area contributed by atoms with E-state index in [4.69, 9.17) is 4.42 Å². The zero-order valence-electron chi connectivity index (χ0n) is 7.10. The Bertz CT molecular complexity index is 292. The monoisotopic (exact) mass is 207 g/mol. The first-order valence-electron chi connectivity index (χ1n) is 3.83. The van der Waals surface area contributed by atoms with Gasteiger partial charge in [-0.2, -0.15) is 13.2 Å². The van der Waals surface area contributed by atoms with Crippen LogP contribution in [0.15, 0.2) is 22.8 Å². The predicted molar refractivity (Wildman–Crippen MR) is 42.0 cm³/mol. The molecule has 0 saturated heterocycles. The fourth-order valence-corrected chi connectivity index (χ4v) is 0.842. The summed E-state index contributed by atoms with van der Waals surface area (Å²) in [5.74, 6) is -0.445. The molecule has 0 saturated carbocycles. The van der Waals surface area contributed by atoms with Gasteiger partial charge in [0.25, 0.3) is 0 Å². The van der Waals surface area contributed by atoms with Gasteiger partial charge in [-0.1, -0.05) is 0 Å². The molecule has 1 heterocycles. The molecule has 0 aliphatic carbocycles. The molecule has 0 amide bonds. The van der Waals surface area contributed by atoms with Crippen LogP contribution in [0.25, 0.3) is 0 Å². The number of ketones is 1. The molecule has 1 aromatic heterocycles. The summed E-state index contributed by atoms with van der Waals surface area (Å²) < 4.78 is 39.7. The number of carbonyl (C=O) groups is 1. The Kier molecular flexibility index (Phi) is 3.29. The molecule has 0 bridgehead atoms. The van der Waals surface area contributed by atoms with Crippen molar-refractivity contribution in [2.45, 2.75) is 6.18 Å². The van der Waals surface area contributed by atoms with Gasteiger partial charge >= 0.3 is 6.18 Å². The summed E-state index contributed by atoms with van der Waals surface area (Å²) >= 11 is 0. The van der Waals surface area contributed by atoms with Crippen LogP contribution < -0.4 is 5.32 Å². The summed E-state index contributed by atoms with van der Waals surface area (Å²) in [6, 6.07) is 2.90. The van der Waals surface area contributed by atoms with Crippen molar-refractivity contribution < 1.29 is 22.4 Å². The molecule has 3 nitrogen and oxygen atoms in total. The fourth-order valence-electron chi connectivity index (χ4n) is 0.842. The first kappa shape index (κ1) is 10.8. The quantitative estimate of drug-likeness (QED) is 0.762. The van der Waals surface area contributed by atoms with E-state index in [1.54, 1.807) is 0 Å². The van der Waals surface area contributed by atoms with E-state index in [1.165, 1.54) is 18.4 Å². The molecule has 6 heteroatoms. The number of furan rings is 1. The number of nitrogens with one attached hydrogen (secondary N) is 1. The highest BCUT2D eigenvalue weighted by Gasteiger charge is 2.26. The largest absolute Gasteiger partial charge is 0.461 e. The minimum Gasteiger partial charge on any atom is -0.461 e. The predicted octanol–water partition coefficient (Wildman–Crippen LogP) is 1.61. The third-order valence-electron chi connectivity index (χ3n) is 1.41. The zero-order valence-corrected chi connectivity index (χ0v) is 7.10. The summed E-state index contributed by atoms with van der Waals surface area (Å²) in [4.78, 5) is 11.1. The molecule has 14 heavy (non-hydrogen) atoms. The smallest absolute Gasteiger partial charge is 0.401 e. The van der Waals surface area contributed by atoms with E-state index < -0.39 is 18.5 Å². The number of halogens is 3. The second-order valence-corrected chi connectivity index (χ2v) is 2.62. The molecule has 78 valence electrons. The van der Waals surface area contributed by atoms with Crippen LogP contribution in [0.1, 0.15) is 10.6 Å². The molecule has 0 radical (unpaired) electrons. The number of hydrogen-bond acceptors (Lipinski definition) is 3. The van der Waals surface area contributed by atoms with Crippen molar-refractivity contribution in [1.29, 1.82) is 0 Å². The van der Waals surface area contributed by atoms with Gasteiger partial charge in [0.1, 0.15) is 0 Å². The highest BCUT2D eigenvalue weighted by molar-refractivity contribution is 5.94. The third-order valence-corrected chi connectivity index (χ3v) is 1.41. The van der Waals surface area contributed by atoms with Gasteiger partial charge in [0.2, 0.25) is 5.78 Å². The standard InChI is InChI=1S/C8H8F3NO2/c9-8(10,11)5-12-4-6(13)7-2-1-3-14-7/h1-3,12H,4-5H2. The lowest BCUT2D eigenvalue weighted by atomic mass is 10.3. The van der Waals surface area contributed by atoms with Gasteiger partial charge < -0.3 is 9.73 Å². The lowest BCUT2D eigenvalue weighted by molar-refractivity contribution is -0.124. The van der Waals surface area contributed by atoms with E-state index >= 15 is 0 Å². The average molecular weight is 207 g/mol. The lowest BCUT2D eigenvalue weighted by Crippen LogP contribution is -2.32. The maximum atomic E-state index is 11.7. The van der Waals surface area contributed by atoms with Crippen LogP contribution in [0, 0.1) is 0 Å². The maximum absolute atomic E-state index is 11.7. The van der Waals surface area contributed by atoms with Crippen LogP contribution in [0.3, 0.4) is 0 Å². The van der Waals surface area contributed by atoms with Crippen LogP contribution >= 0.6 is 0 Å². The third kappa shape index (κ3) is 3.61. The molecule has 0 spiro atoms. The molecule has 1 aromatic rings. The van der Waals surface area contributed by atoms with Crippen LogP contribution in [0.4, 0.5) is 13.2 Å². The number of alkyl halides is 3. The second kappa shape index (κ2) is 4.28. The van der Waals surface area contributed by atoms with Crippen LogP contribution in [0.5, 0.6) is 0 Å². The van der Waals surface area contributed by atoms with Gasteiger partial charge in [-0.15, -0.1) is 0 Å². The molecule has 0 aliphatic rings. The van der Waals surface area contributed by atoms with E-state index in [0.29, 0.717) is 0 Å². The molecule has 0 unspecified atom stereocenters. The highest BCUT2D eigenvalue weighted by Crippen LogP contribution is 2.12.